The summed E-state index contributed by atoms with van der Waals surface area (Å²) in [7, 11) is -5.34. The number of phenolic OH excluding ortho intramolecular Hbond substituents is 3. The number of aromatic nitrogens is 2. The zero-order valence-corrected chi connectivity index (χ0v) is 68.7. The number of phenols is 3. The summed E-state index contributed by atoms with van der Waals surface area (Å²) >= 11 is 20.7. The number of ether oxygens (including phenoxy) is 3. The van der Waals surface area contributed by atoms with E-state index in [9.17, 15) is 83.1 Å². The number of benzene rings is 5. The van der Waals surface area contributed by atoms with Crippen LogP contribution in [0.15, 0.2) is 132 Å². The van der Waals surface area contributed by atoms with Gasteiger partial charge in [0.05, 0.1) is 65.6 Å². The number of H-pyrrole nitrogens is 2. The zero-order chi connectivity index (χ0) is 82.1. The van der Waals surface area contributed by atoms with E-state index in [1.54, 1.807) is 99.0 Å². The number of para-hydroxylation sites is 3. The van der Waals surface area contributed by atoms with Gasteiger partial charge in [-0.05, 0) is 84.8 Å². The van der Waals surface area contributed by atoms with Crippen molar-refractivity contribution in [2.24, 2.45) is 5.14 Å². The molecule has 0 spiro atoms. The van der Waals surface area contributed by atoms with Crippen molar-refractivity contribution in [2.45, 2.75) is 11.8 Å². The molecule has 10 rings (SSSR count). The Kier molecular flexibility index (Phi) is 31.5. The number of thiocarbonyl (C=S) groups is 3. The van der Waals surface area contributed by atoms with Crippen molar-refractivity contribution in [1.29, 1.82) is 0 Å². The molecule has 7 aromatic rings. The molecule has 0 radical (unpaired) electrons. The summed E-state index contributed by atoms with van der Waals surface area (Å²) in [6.45, 7) is 8.27. The van der Waals surface area contributed by atoms with Gasteiger partial charge in [-0.15, -0.1) is 22.7 Å². The fourth-order valence-electron chi connectivity index (χ4n) is 8.87. The van der Waals surface area contributed by atoms with Gasteiger partial charge in [0, 0.05) is 53.0 Å². The predicted octanol–water partition coefficient (Wildman–Crippen LogP) is 2.81. The van der Waals surface area contributed by atoms with E-state index in [4.69, 9.17) is 56.0 Å². The lowest BCUT2D eigenvalue weighted by Gasteiger charge is -2.17. The highest BCUT2D eigenvalue weighted by molar-refractivity contribution is 8.27. The first-order valence-electron chi connectivity index (χ1n) is 30.5. The number of nitrogens with two attached hydrogens (primary N) is 1. The van der Waals surface area contributed by atoms with Crippen LogP contribution in [0.25, 0.3) is 43.5 Å². The number of rotatable bonds is 19. The first-order chi connectivity index (χ1) is 51.4. The third-order valence-electron chi connectivity index (χ3n) is 13.9. The number of carbonyl (C=O) groups is 6. The first-order valence-corrected chi connectivity index (χ1v) is 42.8. The molecule has 0 aliphatic carbocycles. The van der Waals surface area contributed by atoms with Crippen molar-refractivity contribution in [3.8, 4) is 34.5 Å². The molecule has 0 saturated carbocycles. The molecule has 5 heterocycles. The molecule has 43 heteroatoms. The summed E-state index contributed by atoms with van der Waals surface area (Å²) < 4.78 is 105. The minimum Gasteiger partial charge on any atom is -0.504 e. The standard InChI is InChI=1S/C15H16N2O4S2.C13H14N2O5S3.C13H14N2O4S3.2C13H12N2O4S2/c1-16(2)12(18)8-17-14(20)11(23-15(17)22)7-9-5-4-6-10(21-3)13(9)19;1-14-23(18,19)7-15-12(17)10(22-13(15)21)6-8-4-3-5-9(20-2)11(8)16;1-19-9-5-3-4-8(11(9)16)6-10-12(17)15(13(20)21-10)7-22(2,14)18;1-8-14-13(17)11(20-8)7-9-5-3-4-6-10(9)12(16)15-21(2,18)19;1-8(16)15-21(18,19)12-6-4-3-5-10(12)7-11-13(17)14-9(2)20-11/h4-7,19H,8H2,1-3H3;3-6,14,16H,7H2,1-2H3;3-6,16H,2,7H2,1H3,(H2,14,18);3-7H,1H2,2H3,(H,14,17)(H,15,16);3-7H,2H2,1H3,(H,14,17)(H,15,16)/b11-7-;2*10-6-;2*11-7-. The lowest BCUT2D eigenvalue weighted by molar-refractivity contribution is -0.133. The van der Waals surface area contributed by atoms with E-state index in [1.165, 1.54) is 86.8 Å². The fourth-order valence-corrected chi connectivity index (χ4v) is 17.4. The van der Waals surface area contributed by atoms with Gasteiger partial charge >= 0.3 is 0 Å². The van der Waals surface area contributed by atoms with Gasteiger partial charge in [-0.2, -0.15) is 0 Å². The second-order valence-electron chi connectivity index (χ2n) is 22.4. The number of hydrogen-bond donors (Lipinski definition) is 9. The number of aromatic amines is 2. The second kappa shape index (κ2) is 38.8. The number of sulfonamides is 3. The van der Waals surface area contributed by atoms with Crippen molar-refractivity contribution in [2.75, 3.05) is 67.0 Å². The van der Waals surface area contributed by atoms with E-state index in [1.807, 2.05) is 9.44 Å². The van der Waals surface area contributed by atoms with E-state index < -0.39 is 69.3 Å². The number of methoxy groups -OCH3 is 3. The van der Waals surface area contributed by atoms with Crippen molar-refractivity contribution in [1.82, 2.24) is 43.7 Å². The van der Waals surface area contributed by atoms with Gasteiger partial charge in [0.25, 0.3) is 44.8 Å². The number of hydrogen-bond acceptors (Lipinski definition) is 29. The van der Waals surface area contributed by atoms with Crippen LogP contribution in [0.1, 0.15) is 45.1 Å². The Labute approximate surface area is 666 Å². The van der Waals surface area contributed by atoms with E-state index in [2.05, 4.69) is 33.7 Å². The van der Waals surface area contributed by atoms with Crippen molar-refractivity contribution < 1.29 is 87.8 Å². The van der Waals surface area contributed by atoms with Crippen LogP contribution in [0.4, 0.5) is 0 Å². The molecule has 6 amide bonds. The van der Waals surface area contributed by atoms with E-state index in [-0.39, 0.29) is 82.4 Å². The fraction of sp³-hybridized carbons (Fsp3) is 0.164. The molecule has 1 unspecified atom stereocenters. The Bertz CT molecular complexity index is 5800. The number of aromatic hydroxyl groups is 3. The zero-order valence-electron chi connectivity index (χ0n) is 58.9. The van der Waals surface area contributed by atoms with Gasteiger partial charge in [0.1, 0.15) is 31.3 Å². The largest absolute Gasteiger partial charge is 0.504 e. The minimum atomic E-state index is -3.97. The molecule has 584 valence electrons. The van der Waals surface area contributed by atoms with Crippen LogP contribution in [0.2, 0.25) is 0 Å². The molecule has 2 aromatic heterocycles. The van der Waals surface area contributed by atoms with Crippen LogP contribution < -0.4 is 63.0 Å². The number of amides is 6. The summed E-state index contributed by atoms with van der Waals surface area (Å²) in [5, 5.41) is 35.6. The van der Waals surface area contributed by atoms with Crippen molar-refractivity contribution >= 4 is 232 Å². The first kappa shape index (κ1) is 89.3. The Balaban J connectivity index is 0.000000215. The van der Waals surface area contributed by atoms with E-state index >= 15 is 0 Å². The number of nitrogens with zero attached hydrogens (tertiary/aromatic N) is 4. The molecule has 3 saturated heterocycles. The molecule has 3 aliphatic rings. The Morgan fingerprint density at radius 3 is 1.31 bits per heavy atom. The van der Waals surface area contributed by atoms with Crippen LogP contribution >= 0.6 is 94.6 Å². The summed E-state index contributed by atoms with van der Waals surface area (Å²) in [5.74, 6) is 0.249. The van der Waals surface area contributed by atoms with Crippen LogP contribution in [0, 0.1) is 0 Å². The van der Waals surface area contributed by atoms with Crippen LogP contribution in [-0.4, -0.2) is 196 Å². The maximum absolute atomic E-state index is 12.4. The van der Waals surface area contributed by atoms with Gasteiger partial charge in [0.2, 0.25) is 31.9 Å². The molecule has 1 atom stereocenters. The molecule has 31 nitrogen and oxygen atoms in total. The SMILES string of the molecule is C=S(N)(=O)CN1C(=O)/C(=C/c2cccc(OC)c2O)SC1=S.C=c1[nH]c(=O)/c(=C/c2ccccc2C(=O)NS(C)(=O)=O)s1.C=c1[nH]c(=O)/c(=C/c2ccccc2S(=O)(=O)NC(C)=O)s1.CNS(=O)(=O)CN1C(=O)/C(=C/c2cccc(OC)c2O)SC1=S.COc1cccc(/C=C2\SC(=S)N(CC(=O)N(C)C)C2=O)c1O. The summed E-state index contributed by atoms with van der Waals surface area (Å²) in [6, 6.07) is 27.3. The third kappa shape index (κ3) is 25.0. The number of likely N-dealkylation sites (N-methyl/N-ethyl adjacent to an activating group) is 1. The molecular formula is C67H68N10O21S12. The number of nitrogens with one attached hydrogen (secondary N) is 5. The Morgan fingerprint density at radius 1 is 0.564 bits per heavy atom. The number of thiazole rings is 2. The van der Waals surface area contributed by atoms with Crippen LogP contribution in [-0.2, 0) is 63.8 Å². The normalized spacial score (nSPS) is 15.6. The van der Waals surface area contributed by atoms with Gasteiger partial charge < -0.3 is 44.4 Å². The minimum absolute atomic E-state index is 0.0513. The van der Waals surface area contributed by atoms with E-state index in [0.29, 0.717) is 71.8 Å². The van der Waals surface area contributed by atoms with Crippen molar-refractivity contribution in [3.05, 3.63) is 190 Å². The average molecular weight is 1730 g/mol. The lowest BCUT2D eigenvalue weighted by atomic mass is 10.1. The van der Waals surface area contributed by atoms with Crippen LogP contribution in [0.5, 0.6) is 34.5 Å². The van der Waals surface area contributed by atoms with Crippen molar-refractivity contribution in [3.63, 3.8) is 0 Å². The third-order valence-corrected chi connectivity index (χ3v) is 23.8. The van der Waals surface area contributed by atoms with Gasteiger partial charge in [0.15, 0.2) is 34.5 Å². The smallest absolute Gasteiger partial charge is 0.267 e. The summed E-state index contributed by atoms with van der Waals surface area (Å²) in [4.78, 5) is 106. The molecule has 10 N–H and O–H groups in total. The molecule has 5 aromatic carbocycles. The average Bonchev–Trinajstić information content (AvgIpc) is 1.60. The predicted molar refractivity (Wildman–Crippen MR) is 442 cm³/mol. The van der Waals surface area contributed by atoms with Gasteiger partial charge in [-0.3, -0.25) is 62.4 Å². The second-order valence-corrected chi connectivity index (χ2v) is 37.0. The lowest BCUT2D eigenvalue weighted by Crippen LogP contribution is -2.38. The maximum atomic E-state index is 12.4. The highest BCUT2D eigenvalue weighted by Crippen LogP contribution is 2.40. The molecule has 0 bridgehead atoms. The number of carbonyl (C=O) groups excluding carboxylic acids is 6. The summed E-state index contributed by atoms with van der Waals surface area (Å²) in [5.41, 5.74) is 1.54. The van der Waals surface area contributed by atoms with Gasteiger partial charge in [-0.25, -0.2) is 39.4 Å². The highest BCUT2D eigenvalue weighted by Gasteiger charge is 2.37. The molecule has 3 fully saturated rings. The maximum Gasteiger partial charge on any atom is 0.267 e. The summed E-state index contributed by atoms with van der Waals surface area (Å²) in [6.07, 6.45) is 8.36. The Hall–Kier alpha value is -9.61. The van der Waals surface area contributed by atoms with Gasteiger partial charge in [-0.1, -0.05) is 158 Å². The van der Waals surface area contributed by atoms with Crippen LogP contribution in [0.3, 0.4) is 0 Å². The topological polar surface area (TPSA) is 451 Å². The monoisotopic (exact) mass is 1730 g/mol. The highest BCUT2D eigenvalue weighted by atomic mass is 32.2. The molecule has 3 aliphatic heterocycles. The number of thioether (sulfide) groups is 3. The Morgan fingerprint density at radius 2 is 0.936 bits per heavy atom. The quantitative estimate of drug-likeness (QED) is 0.0415. The van der Waals surface area contributed by atoms with E-state index in [0.717, 1.165) is 80.9 Å². The molecule has 110 heavy (non-hydrogen) atoms. The molecular weight excluding hydrogens is 1670 g/mol.